The molecular weight excluding hydrogens is 426 g/mol. The Hall–Kier alpha value is -3.34. The number of carbonyl (C=O) groups excluding carboxylic acids is 4. The molecule has 1 aromatic rings. The quantitative estimate of drug-likeness (QED) is 0.443. The van der Waals surface area contributed by atoms with Crippen LogP contribution in [0.1, 0.15) is 27.7 Å². The third kappa shape index (κ3) is 7.12. The highest BCUT2D eigenvalue weighted by Crippen LogP contribution is 2.29. The van der Waals surface area contributed by atoms with Crippen LogP contribution in [0.25, 0.3) is 0 Å². The van der Waals surface area contributed by atoms with Gasteiger partial charge >= 0.3 is 17.9 Å². The summed E-state index contributed by atoms with van der Waals surface area (Å²) < 4.78 is 32.7. The molecule has 11 nitrogen and oxygen atoms in total. The zero-order chi connectivity index (χ0) is 23.8. The molecule has 0 spiro atoms. The van der Waals surface area contributed by atoms with Gasteiger partial charge in [-0.25, -0.2) is 0 Å². The van der Waals surface area contributed by atoms with Gasteiger partial charge in [0.2, 0.25) is 12.2 Å². The summed E-state index contributed by atoms with van der Waals surface area (Å²) in [5.41, 5.74) is 0. The van der Waals surface area contributed by atoms with E-state index < -0.39 is 54.5 Å². The van der Waals surface area contributed by atoms with Gasteiger partial charge < -0.3 is 33.7 Å². The van der Waals surface area contributed by atoms with Crippen LogP contribution in [-0.4, -0.2) is 68.2 Å². The highest BCUT2D eigenvalue weighted by molar-refractivity contribution is 5.73. The van der Waals surface area contributed by atoms with E-state index in [2.05, 4.69) is 5.32 Å². The summed E-state index contributed by atoms with van der Waals surface area (Å²) in [5.74, 6) is -1.45. The first-order chi connectivity index (χ1) is 15.1. The maximum atomic E-state index is 11.9. The third-order valence-corrected chi connectivity index (χ3v) is 4.38. The van der Waals surface area contributed by atoms with E-state index >= 15 is 0 Å². The lowest BCUT2D eigenvalue weighted by atomic mass is 9.96. The molecule has 1 aliphatic rings. The van der Waals surface area contributed by atoms with Crippen LogP contribution in [-0.2, 0) is 38.1 Å². The average molecular weight is 453 g/mol. The van der Waals surface area contributed by atoms with Gasteiger partial charge in [-0.3, -0.25) is 19.2 Å². The summed E-state index contributed by atoms with van der Waals surface area (Å²) in [6, 6.07) is 5.51. The molecule has 0 aromatic heterocycles. The molecule has 1 fully saturated rings. The Morgan fingerprint density at radius 2 is 1.44 bits per heavy atom. The molecule has 2 rings (SSSR count). The molecule has 0 aliphatic carbocycles. The standard InChI is InChI=1S/C21H27NO10/c1-11(23)22-18-20(30-14(4)26)19(29-13(3)25)17(10-28-12(2)24)32-21(18)31-16-8-6-15(27-5)7-9-16/h6-9,17-21H,10H2,1-5H3,(H,22,23)/t17-,18-,19+,20+,21-/m1/s1. The molecule has 1 saturated heterocycles. The minimum absolute atomic E-state index is 0.305. The van der Waals surface area contributed by atoms with Crippen molar-refractivity contribution in [2.45, 2.75) is 58.3 Å². The largest absolute Gasteiger partial charge is 0.497 e. The van der Waals surface area contributed by atoms with E-state index in [1.807, 2.05) is 0 Å². The predicted octanol–water partition coefficient (Wildman–Crippen LogP) is 0.730. The van der Waals surface area contributed by atoms with Gasteiger partial charge in [0.05, 0.1) is 7.11 Å². The molecule has 11 heteroatoms. The van der Waals surface area contributed by atoms with E-state index in [9.17, 15) is 19.2 Å². The van der Waals surface area contributed by atoms with E-state index in [-0.39, 0.29) is 6.61 Å². The number of methoxy groups -OCH3 is 1. The molecule has 1 heterocycles. The first-order valence-corrected chi connectivity index (χ1v) is 9.81. The first-order valence-electron chi connectivity index (χ1n) is 9.81. The lowest BCUT2D eigenvalue weighted by molar-refractivity contribution is -0.257. The fourth-order valence-electron chi connectivity index (χ4n) is 3.18. The second kappa shape index (κ2) is 11.3. The van der Waals surface area contributed by atoms with Gasteiger partial charge in [-0.05, 0) is 24.3 Å². The summed E-state index contributed by atoms with van der Waals surface area (Å²) in [5, 5.41) is 2.63. The van der Waals surface area contributed by atoms with E-state index in [0.717, 1.165) is 0 Å². The molecule has 0 bridgehead atoms. The molecule has 0 radical (unpaired) electrons. The van der Waals surface area contributed by atoms with Crippen molar-refractivity contribution >= 4 is 23.8 Å². The van der Waals surface area contributed by atoms with Crippen LogP contribution >= 0.6 is 0 Å². The van der Waals surface area contributed by atoms with Crippen LogP contribution < -0.4 is 14.8 Å². The van der Waals surface area contributed by atoms with Gasteiger partial charge in [0.15, 0.2) is 12.2 Å². The third-order valence-electron chi connectivity index (χ3n) is 4.38. The SMILES string of the molecule is COc1ccc(O[C@@H]2O[C@H](COC(C)=O)[C@H](OC(C)=O)[C@@H](OC(C)=O)[C@H]2NC(C)=O)cc1. The van der Waals surface area contributed by atoms with Crippen molar-refractivity contribution in [2.24, 2.45) is 0 Å². The number of esters is 3. The van der Waals surface area contributed by atoms with Crippen molar-refractivity contribution in [1.29, 1.82) is 0 Å². The zero-order valence-corrected chi connectivity index (χ0v) is 18.5. The van der Waals surface area contributed by atoms with Gasteiger partial charge in [-0.15, -0.1) is 0 Å². The Kier molecular flexibility index (Phi) is 8.82. The molecule has 0 unspecified atom stereocenters. The number of benzene rings is 1. The number of carbonyl (C=O) groups is 4. The normalized spacial score (nSPS) is 24.6. The average Bonchev–Trinajstić information content (AvgIpc) is 2.70. The lowest BCUT2D eigenvalue weighted by Gasteiger charge is -2.44. The topological polar surface area (TPSA) is 136 Å². The second-order valence-electron chi connectivity index (χ2n) is 7.01. The first kappa shape index (κ1) is 24.9. The maximum Gasteiger partial charge on any atom is 0.303 e. The molecule has 176 valence electrons. The number of rotatable bonds is 8. The van der Waals surface area contributed by atoms with Crippen LogP contribution in [0.15, 0.2) is 24.3 Å². The Morgan fingerprint density at radius 3 is 1.94 bits per heavy atom. The van der Waals surface area contributed by atoms with Crippen LogP contribution in [0.4, 0.5) is 0 Å². The fraction of sp³-hybridized carbons (Fsp3) is 0.524. The van der Waals surface area contributed by atoms with E-state index in [1.54, 1.807) is 24.3 Å². The van der Waals surface area contributed by atoms with Crippen molar-refractivity contribution in [3.05, 3.63) is 24.3 Å². The minimum Gasteiger partial charge on any atom is -0.497 e. The maximum absolute atomic E-state index is 11.9. The van der Waals surface area contributed by atoms with E-state index in [4.69, 9.17) is 28.4 Å². The van der Waals surface area contributed by atoms with Gasteiger partial charge in [0, 0.05) is 27.7 Å². The number of hydrogen-bond acceptors (Lipinski definition) is 10. The summed E-state index contributed by atoms with van der Waals surface area (Å²) >= 11 is 0. The van der Waals surface area contributed by atoms with Crippen molar-refractivity contribution in [1.82, 2.24) is 5.32 Å². The van der Waals surface area contributed by atoms with Gasteiger partial charge in [0.1, 0.15) is 30.3 Å². The van der Waals surface area contributed by atoms with Crippen molar-refractivity contribution in [3.8, 4) is 11.5 Å². The summed E-state index contributed by atoms with van der Waals surface area (Å²) in [6.45, 7) is 4.51. The minimum atomic E-state index is -1.18. The number of hydrogen-bond donors (Lipinski definition) is 1. The molecule has 1 aliphatic heterocycles. The Labute approximate surface area is 185 Å². The molecule has 5 atom stereocenters. The van der Waals surface area contributed by atoms with E-state index in [1.165, 1.54) is 34.8 Å². The molecular formula is C21H27NO10. The van der Waals surface area contributed by atoms with Gasteiger partial charge in [-0.2, -0.15) is 0 Å². The Bertz CT molecular complexity index is 824. The van der Waals surface area contributed by atoms with E-state index in [0.29, 0.717) is 11.5 Å². The van der Waals surface area contributed by atoms with Crippen molar-refractivity contribution in [2.75, 3.05) is 13.7 Å². The van der Waals surface area contributed by atoms with Crippen LogP contribution in [0.2, 0.25) is 0 Å². The molecule has 1 aromatic carbocycles. The second-order valence-corrected chi connectivity index (χ2v) is 7.01. The van der Waals surface area contributed by atoms with Gasteiger partial charge in [-0.1, -0.05) is 0 Å². The fourth-order valence-corrected chi connectivity index (χ4v) is 3.18. The molecule has 1 N–H and O–H groups in total. The van der Waals surface area contributed by atoms with Gasteiger partial charge in [0.25, 0.3) is 0 Å². The molecule has 0 saturated carbocycles. The molecule has 1 amide bonds. The van der Waals surface area contributed by atoms with Crippen LogP contribution in [0.5, 0.6) is 11.5 Å². The highest BCUT2D eigenvalue weighted by Gasteiger charge is 2.51. The Morgan fingerprint density at radius 1 is 0.875 bits per heavy atom. The number of nitrogens with one attached hydrogen (secondary N) is 1. The Balaban J connectivity index is 2.42. The smallest absolute Gasteiger partial charge is 0.303 e. The van der Waals surface area contributed by atoms with Crippen LogP contribution in [0.3, 0.4) is 0 Å². The number of amides is 1. The summed E-state index contributed by atoms with van der Waals surface area (Å²) in [4.78, 5) is 46.8. The van der Waals surface area contributed by atoms with Crippen molar-refractivity contribution in [3.63, 3.8) is 0 Å². The zero-order valence-electron chi connectivity index (χ0n) is 18.5. The summed E-state index contributed by atoms with van der Waals surface area (Å²) in [6.07, 6.45) is -4.58. The van der Waals surface area contributed by atoms with Crippen molar-refractivity contribution < 1.29 is 47.6 Å². The monoisotopic (exact) mass is 453 g/mol. The lowest BCUT2D eigenvalue weighted by Crippen LogP contribution is -2.67. The number of ether oxygens (including phenoxy) is 6. The highest BCUT2D eigenvalue weighted by atomic mass is 16.7. The van der Waals surface area contributed by atoms with Crippen LogP contribution in [0, 0.1) is 0 Å². The molecule has 32 heavy (non-hydrogen) atoms. The summed E-state index contributed by atoms with van der Waals surface area (Å²) in [7, 11) is 1.52. The predicted molar refractivity (Wildman–Crippen MR) is 108 cm³/mol.